The number of nitrogens with zero attached hydrogens (tertiary/aromatic N) is 2. The van der Waals surface area contributed by atoms with Gasteiger partial charge in [0, 0.05) is 6.92 Å². The SMILES string of the molecule is Cc1ccc(-[n+]2nc(C)oc2N)cc1. The van der Waals surface area contributed by atoms with Gasteiger partial charge >= 0.3 is 6.01 Å². The Morgan fingerprint density at radius 3 is 2.36 bits per heavy atom. The maximum atomic E-state index is 5.65. The molecule has 1 aromatic heterocycles. The summed E-state index contributed by atoms with van der Waals surface area (Å²) in [6.07, 6.45) is 0. The monoisotopic (exact) mass is 190 g/mol. The Labute approximate surface area is 82.0 Å². The van der Waals surface area contributed by atoms with E-state index in [1.165, 1.54) is 5.56 Å². The minimum Gasteiger partial charge on any atom is -0.372 e. The molecule has 0 atom stereocenters. The Bertz CT molecular complexity index is 445. The van der Waals surface area contributed by atoms with E-state index in [1.54, 1.807) is 11.6 Å². The van der Waals surface area contributed by atoms with Crippen LogP contribution in [0.2, 0.25) is 0 Å². The van der Waals surface area contributed by atoms with E-state index in [9.17, 15) is 0 Å². The lowest BCUT2D eigenvalue weighted by molar-refractivity contribution is -0.645. The molecule has 72 valence electrons. The summed E-state index contributed by atoms with van der Waals surface area (Å²) in [5.41, 5.74) is 7.75. The fourth-order valence-electron chi connectivity index (χ4n) is 1.28. The molecule has 2 aromatic rings. The number of anilines is 1. The second-order valence-corrected chi connectivity index (χ2v) is 3.21. The van der Waals surface area contributed by atoms with Crippen LogP contribution >= 0.6 is 0 Å². The van der Waals surface area contributed by atoms with Crippen LogP contribution in [0.1, 0.15) is 11.5 Å². The molecular weight excluding hydrogens is 178 g/mol. The fourth-order valence-corrected chi connectivity index (χ4v) is 1.28. The van der Waals surface area contributed by atoms with E-state index in [-0.39, 0.29) is 0 Å². The molecule has 0 saturated heterocycles. The van der Waals surface area contributed by atoms with Crippen molar-refractivity contribution in [2.24, 2.45) is 0 Å². The maximum Gasteiger partial charge on any atom is 0.480 e. The molecular formula is C10H12N3O+. The van der Waals surface area contributed by atoms with Gasteiger partial charge in [0.05, 0.1) is 0 Å². The van der Waals surface area contributed by atoms with Crippen molar-refractivity contribution in [2.75, 3.05) is 5.73 Å². The van der Waals surface area contributed by atoms with Gasteiger partial charge in [-0.1, -0.05) is 22.4 Å². The van der Waals surface area contributed by atoms with Gasteiger partial charge in [0.25, 0.3) is 0 Å². The summed E-state index contributed by atoms with van der Waals surface area (Å²) in [4.78, 5) is 0. The zero-order chi connectivity index (χ0) is 10.1. The number of nitrogen functional groups attached to an aromatic ring is 1. The predicted octanol–water partition coefficient (Wildman–Crippen LogP) is 1.15. The minimum atomic E-state index is 0.298. The van der Waals surface area contributed by atoms with Crippen molar-refractivity contribution < 1.29 is 9.10 Å². The third-order valence-electron chi connectivity index (χ3n) is 1.98. The van der Waals surface area contributed by atoms with Crippen LogP contribution in [-0.4, -0.2) is 5.10 Å². The van der Waals surface area contributed by atoms with Crippen LogP contribution < -0.4 is 10.4 Å². The number of benzene rings is 1. The highest BCUT2D eigenvalue weighted by Crippen LogP contribution is 2.05. The summed E-state index contributed by atoms with van der Waals surface area (Å²) in [6.45, 7) is 3.80. The molecule has 1 aromatic carbocycles. The molecule has 4 nitrogen and oxygen atoms in total. The lowest BCUT2D eigenvalue weighted by Gasteiger charge is -1.93. The molecule has 0 unspecified atom stereocenters. The molecule has 0 aliphatic rings. The highest BCUT2D eigenvalue weighted by Gasteiger charge is 2.14. The van der Waals surface area contributed by atoms with Gasteiger partial charge < -0.3 is 4.42 Å². The quantitative estimate of drug-likeness (QED) is 0.686. The Morgan fingerprint density at radius 2 is 1.86 bits per heavy atom. The second-order valence-electron chi connectivity index (χ2n) is 3.21. The van der Waals surface area contributed by atoms with Gasteiger partial charge in [-0.25, -0.2) is 0 Å². The first kappa shape index (κ1) is 8.74. The number of nitrogens with two attached hydrogens (primary N) is 1. The molecule has 2 rings (SSSR count). The van der Waals surface area contributed by atoms with Gasteiger partial charge in [-0.15, -0.1) is 0 Å². The van der Waals surface area contributed by atoms with Crippen molar-refractivity contribution >= 4 is 6.01 Å². The maximum absolute atomic E-state index is 5.65. The van der Waals surface area contributed by atoms with Crippen LogP contribution in [0.3, 0.4) is 0 Å². The minimum absolute atomic E-state index is 0.298. The number of hydrogen-bond donors (Lipinski definition) is 1. The van der Waals surface area contributed by atoms with Gasteiger partial charge in [-0.3, -0.25) is 5.73 Å². The standard InChI is InChI=1S/C10H11N3O/c1-7-3-5-9(6-4-7)13-10(11)14-8(2)12-13/h3-6,11H,1-2H3/p+1. The van der Waals surface area contributed by atoms with Crippen molar-refractivity contribution in [3.63, 3.8) is 0 Å². The highest BCUT2D eigenvalue weighted by atomic mass is 16.4. The van der Waals surface area contributed by atoms with Crippen LogP contribution in [-0.2, 0) is 0 Å². The van der Waals surface area contributed by atoms with E-state index in [0.717, 1.165) is 5.69 Å². The second kappa shape index (κ2) is 3.14. The molecule has 2 N–H and O–H groups in total. The van der Waals surface area contributed by atoms with Crippen molar-refractivity contribution in [1.29, 1.82) is 0 Å². The number of aromatic nitrogens is 2. The van der Waals surface area contributed by atoms with E-state index in [1.807, 2.05) is 31.2 Å². The van der Waals surface area contributed by atoms with Crippen molar-refractivity contribution in [3.05, 3.63) is 35.7 Å². The van der Waals surface area contributed by atoms with Gasteiger partial charge in [-0.05, 0) is 24.2 Å². The molecule has 14 heavy (non-hydrogen) atoms. The first-order valence-corrected chi connectivity index (χ1v) is 4.39. The lowest BCUT2D eigenvalue weighted by Crippen LogP contribution is -2.35. The highest BCUT2D eigenvalue weighted by molar-refractivity contribution is 5.27. The lowest BCUT2D eigenvalue weighted by atomic mass is 10.2. The largest absolute Gasteiger partial charge is 0.480 e. The molecule has 0 saturated carbocycles. The molecule has 0 aliphatic carbocycles. The molecule has 0 radical (unpaired) electrons. The zero-order valence-corrected chi connectivity index (χ0v) is 8.19. The van der Waals surface area contributed by atoms with Crippen LogP contribution in [0, 0.1) is 13.8 Å². The smallest absolute Gasteiger partial charge is 0.372 e. The Kier molecular flexibility index (Phi) is 1.96. The number of hydrogen-bond acceptors (Lipinski definition) is 3. The Hall–Kier alpha value is -1.84. The first-order chi connectivity index (χ1) is 6.66. The van der Waals surface area contributed by atoms with Crippen LogP contribution in [0.5, 0.6) is 0 Å². The molecule has 1 heterocycles. The number of aryl methyl sites for hydroxylation is 2. The van der Waals surface area contributed by atoms with E-state index >= 15 is 0 Å². The Morgan fingerprint density at radius 1 is 1.21 bits per heavy atom. The first-order valence-electron chi connectivity index (χ1n) is 4.39. The Balaban J connectivity index is 2.49. The third-order valence-corrected chi connectivity index (χ3v) is 1.98. The van der Waals surface area contributed by atoms with E-state index in [2.05, 4.69) is 5.10 Å². The number of rotatable bonds is 1. The zero-order valence-electron chi connectivity index (χ0n) is 8.19. The van der Waals surface area contributed by atoms with Gasteiger partial charge in [0.1, 0.15) is 0 Å². The fraction of sp³-hybridized carbons (Fsp3) is 0.200. The molecule has 4 heteroatoms. The summed E-state index contributed by atoms with van der Waals surface area (Å²) < 4.78 is 6.71. The van der Waals surface area contributed by atoms with Crippen molar-refractivity contribution in [2.45, 2.75) is 13.8 Å². The molecule has 0 fully saturated rings. The average molecular weight is 190 g/mol. The van der Waals surface area contributed by atoms with Crippen molar-refractivity contribution in [1.82, 2.24) is 5.10 Å². The van der Waals surface area contributed by atoms with Gasteiger partial charge in [0.2, 0.25) is 5.89 Å². The molecule has 0 bridgehead atoms. The normalized spacial score (nSPS) is 10.4. The van der Waals surface area contributed by atoms with Crippen LogP contribution in [0.15, 0.2) is 28.7 Å². The summed E-state index contributed by atoms with van der Waals surface area (Å²) in [5.74, 6) is 0.558. The predicted molar refractivity (Wildman–Crippen MR) is 51.9 cm³/mol. The summed E-state index contributed by atoms with van der Waals surface area (Å²) in [6, 6.07) is 8.21. The average Bonchev–Trinajstić information content (AvgIpc) is 2.47. The van der Waals surface area contributed by atoms with E-state index < -0.39 is 0 Å². The van der Waals surface area contributed by atoms with E-state index in [4.69, 9.17) is 10.2 Å². The van der Waals surface area contributed by atoms with Crippen LogP contribution in [0.25, 0.3) is 5.69 Å². The summed E-state index contributed by atoms with van der Waals surface area (Å²) >= 11 is 0. The van der Waals surface area contributed by atoms with Crippen LogP contribution in [0.4, 0.5) is 6.01 Å². The summed E-state index contributed by atoms with van der Waals surface area (Å²) in [5, 5.41) is 4.14. The molecule has 0 aliphatic heterocycles. The molecule has 0 spiro atoms. The van der Waals surface area contributed by atoms with E-state index in [0.29, 0.717) is 11.9 Å². The van der Waals surface area contributed by atoms with Gasteiger partial charge in [0.15, 0.2) is 5.69 Å². The third kappa shape index (κ3) is 1.46. The topological polar surface area (TPSA) is 55.9 Å². The molecule has 0 amide bonds. The summed E-state index contributed by atoms with van der Waals surface area (Å²) in [7, 11) is 0. The van der Waals surface area contributed by atoms with Crippen molar-refractivity contribution in [3.8, 4) is 5.69 Å². The van der Waals surface area contributed by atoms with Gasteiger partial charge in [-0.2, -0.15) is 0 Å².